The normalized spacial score (nSPS) is 1.00. The summed E-state index contributed by atoms with van der Waals surface area (Å²) in [6.07, 6.45) is 0. The maximum atomic E-state index is 8.00. The summed E-state index contributed by atoms with van der Waals surface area (Å²) >= 11 is 2.00. The van der Waals surface area contributed by atoms with E-state index in [1.165, 1.54) is 0 Å². The third-order valence-corrected chi connectivity index (χ3v) is 0. The van der Waals surface area contributed by atoms with Gasteiger partial charge in [0.1, 0.15) is 0 Å². The predicted octanol–water partition coefficient (Wildman–Crippen LogP) is -0.856. The van der Waals surface area contributed by atoms with Crippen molar-refractivity contribution in [2.24, 2.45) is 0 Å². The Labute approximate surface area is 67.8 Å². The van der Waals surface area contributed by atoms with Gasteiger partial charge < -0.3 is 11.0 Å². The van der Waals surface area contributed by atoms with Gasteiger partial charge >= 0.3 is 57.5 Å². The van der Waals surface area contributed by atoms with Crippen molar-refractivity contribution in [3.8, 4) is 0 Å². The molecule has 2 N–H and O–H groups in total. The summed E-state index contributed by atoms with van der Waals surface area (Å²) in [4.78, 5) is 0. The van der Waals surface area contributed by atoms with Crippen LogP contribution < -0.4 is 0 Å². The maximum absolute atomic E-state index is 8.00. The van der Waals surface area contributed by atoms with Crippen molar-refractivity contribution in [2.75, 3.05) is 0 Å². The summed E-state index contributed by atoms with van der Waals surface area (Å²) in [6, 6.07) is 0. The van der Waals surface area contributed by atoms with Crippen molar-refractivity contribution in [1.29, 1.82) is 0 Å². The molecule has 0 saturated heterocycles. The summed E-state index contributed by atoms with van der Waals surface area (Å²) in [6.45, 7) is 0. The monoisotopic (exact) mass is 146 g/mol. The fourth-order valence-electron chi connectivity index (χ4n) is 0. The van der Waals surface area contributed by atoms with Crippen LogP contribution in [-0.2, 0) is 19.8 Å². The topological polar surface area (TPSA) is 77.1 Å². The first-order chi connectivity index (χ1) is 1.00. The molecular weight excluding hydrogens is 144 g/mol. The Hall–Kier alpha value is 1.50. The van der Waals surface area contributed by atoms with Crippen LogP contribution in [0.15, 0.2) is 0 Å². The van der Waals surface area contributed by atoms with E-state index < -0.39 is 0 Å². The van der Waals surface area contributed by atoms with Crippen LogP contribution in [-0.4, -0.2) is 48.7 Å². The average molecular weight is 146 g/mol. The fourth-order valence-corrected chi connectivity index (χ4v) is 0. The molecular formula is H2CaFeO3. The van der Waals surface area contributed by atoms with Crippen LogP contribution >= 0.6 is 0 Å². The molecule has 0 aliphatic carbocycles. The van der Waals surface area contributed by atoms with Gasteiger partial charge in [0.2, 0.25) is 0 Å². The fraction of sp³-hybridized carbons (Fsp3) is 0. The van der Waals surface area contributed by atoms with Crippen LogP contribution in [0.2, 0.25) is 0 Å². The zero-order valence-electron chi connectivity index (χ0n) is 2.36. The zero-order valence-corrected chi connectivity index (χ0v) is 5.68. The second-order valence-electron chi connectivity index (χ2n) is 0. The third-order valence-electron chi connectivity index (χ3n) is 0. The summed E-state index contributed by atoms with van der Waals surface area (Å²) in [5.74, 6) is 0. The average Bonchev–Trinajstić information content (AvgIpc) is 1.00. The Morgan fingerprint density at radius 3 is 1.00 bits per heavy atom. The first-order valence-electron chi connectivity index (χ1n) is 0.144. The Kier molecular flexibility index (Phi) is 312. The van der Waals surface area contributed by atoms with Crippen LogP contribution in [0.1, 0.15) is 0 Å². The molecule has 30 valence electrons. The van der Waals surface area contributed by atoms with Gasteiger partial charge in [0.05, 0.1) is 0 Å². The van der Waals surface area contributed by atoms with E-state index in [9.17, 15) is 0 Å². The molecule has 0 atom stereocenters. The van der Waals surface area contributed by atoms with Crippen LogP contribution in [0.3, 0.4) is 0 Å². The van der Waals surface area contributed by atoms with Crippen molar-refractivity contribution in [3.63, 3.8) is 0 Å². The van der Waals surface area contributed by atoms with Gasteiger partial charge in [0.15, 0.2) is 0 Å². The Balaban J connectivity index is -0.00000000167. The molecule has 0 aromatic carbocycles. The van der Waals surface area contributed by atoms with Crippen LogP contribution in [0.25, 0.3) is 0 Å². The summed E-state index contributed by atoms with van der Waals surface area (Å²) in [7, 11) is 0. The second kappa shape index (κ2) is 49.5. The standard InChI is InChI=1S/Ca.Fe.2H2O.O/h;;2*1H2;/q+2;;;;/p-2. The molecule has 0 heterocycles. The van der Waals surface area contributed by atoms with Gasteiger partial charge in [0, 0.05) is 0 Å². The van der Waals surface area contributed by atoms with Crippen LogP contribution in [0.4, 0.5) is 0 Å². The van der Waals surface area contributed by atoms with E-state index in [1.54, 1.807) is 0 Å². The molecule has 3 nitrogen and oxygen atoms in total. The molecule has 0 amide bonds. The van der Waals surface area contributed by atoms with Crippen molar-refractivity contribution in [2.45, 2.75) is 0 Å². The summed E-state index contributed by atoms with van der Waals surface area (Å²) in [5, 5.41) is 0. The van der Waals surface area contributed by atoms with E-state index in [4.69, 9.17) is 3.83 Å². The molecule has 0 aromatic heterocycles. The first-order valence-corrected chi connectivity index (χ1v) is 0.595. The Bertz CT molecular complexity index is 6.85. The zero-order chi connectivity index (χ0) is 2.00. The molecule has 0 fully saturated rings. The third kappa shape index (κ3) is 30.0. The summed E-state index contributed by atoms with van der Waals surface area (Å²) in [5.41, 5.74) is 0. The van der Waals surface area contributed by atoms with E-state index in [2.05, 4.69) is 0 Å². The molecule has 0 radical (unpaired) electrons. The van der Waals surface area contributed by atoms with Gasteiger partial charge in [-0.15, -0.1) is 0 Å². The van der Waals surface area contributed by atoms with Gasteiger partial charge in [-0.3, -0.25) is 0 Å². The van der Waals surface area contributed by atoms with E-state index in [-0.39, 0.29) is 48.7 Å². The van der Waals surface area contributed by atoms with Crippen molar-refractivity contribution < 1.29 is 30.7 Å². The SMILES string of the molecule is [Ca+2].[OH-].[OH-].[O]=[Fe]. The minimum atomic E-state index is 0. The van der Waals surface area contributed by atoms with Gasteiger partial charge in [-0.2, -0.15) is 0 Å². The quantitative estimate of drug-likeness (QED) is 0.417. The van der Waals surface area contributed by atoms with E-state index in [0.29, 0.717) is 0 Å². The first kappa shape index (κ1) is 31.5. The molecule has 0 aliphatic rings. The summed E-state index contributed by atoms with van der Waals surface area (Å²) < 4.78 is 8.00. The second-order valence-corrected chi connectivity index (χ2v) is 0. The predicted molar refractivity (Wildman–Crippen MR) is 10.3 cm³/mol. The molecule has 0 spiro atoms. The van der Waals surface area contributed by atoms with Crippen LogP contribution in [0, 0.1) is 0 Å². The minimum absolute atomic E-state index is 0. The van der Waals surface area contributed by atoms with Gasteiger partial charge in [-0.25, -0.2) is 0 Å². The van der Waals surface area contributed by atoms with Crippen molar-refractivity contribution in [3.05, 3.63) is 0 Å². The Morgan fingerprint density at radius 1 is 1.00 bits per heavy atom. The van der Waals surface area contributed by atoms with Crippen LogP contribution in [0.5, 0.6) is 0 Å². The molecule has 0 aliphatic heterocycles. The van der Waals surface area contributed by atoms with E-state index in [0.717, 1.165) is 0 Å². The number of hydrogen-bond acceptors (Lipinski definition) is 3. The van der Waals surface area contributed by atoms with E-state index >= 15 is 0 Å². The molecule has 0 aromatic rings. The molecule has 5 heteroatoms. The molecule has 5 heavy (non-hydrogen) atoms. The van der Waals surface area contributed by atoms with Crippen molar-refractivity contribution >= 4 is 37.7 Å². The molecule has 0 rings (SSSR count). The van der Waals surface area contributed by atoms with Gasteiger partial charge in [-0.1, -0.05) is 0 Å². The molecule has 0 unspecified atom stereocenters. The molecule has 0 saturated carbocycles. The number of rotatable bonds is 0. The van der Waals surface area contributed by atoms with Crippen molar-refractivity contribution in [1.82, 2.24) is 0 Å². The van der Waals surface area contributed by atoms with E-state index in [1.807, 2.05) is 15.9 Å². The Morgan fingerprint density at radius 2 is 1.00 bits per heavy atom. The molecule has 0 bridgehead atoms. The number of hydrogen-bond donors (Lipinski definition) is 0. The van der Waals surface area contributed by atoms with Gasteiger partial charge in [0.25, 0.3) is 0 Å². The van der Waals surface area contributed by atoms with Gasteiger partial charge in [-0.05, 0) is 0 Å².